The third kappa shape index (κ3) is 9.52. The second-order valence-electron chi connectivity index (χ2n) is 18.9. The van der Waals surface area contributed by atoms with Crippen LogP contribution in [-0.2, 0) is 4.74 Å². The molecular weight excluding hydrogens is 643 g/mol. The molecule has 0 aromatic carbocycles. The molecule has 0 spiro atoms. The first kappa shape index (κ1) is 39.8. The summed E-state index contributed by atoms with van der Waals surface area (Å²) in [4.78, 5) is 0. The number of hydrogen-bond acceptors (Lipinski definition) is 3. The second-order valence-corrected chi connectivity index (χ2v) is 18.9. The Bertz CT molecular complexity index is 1140. The molecule has 0 saturated heterocycles. The molecule has 0 bridgehead atoms. The van der Waals surface area contributed by atoms with Crippen molar-refractivity contribution in [3.05, 3.63) is 23.8 Å². The van der Waals surface area contributed by atoms with Crippen molar-refractivity contribution in [1.29, 1.82) is 0 Å². The molecule has 5 saturated carbocycles. The van der Waals surface area contributed by atoms with Crippen LogP contribution in [0.4, 0.5) is 13.2 Å². The van der Waals surface area contributed by atoms with Crippen LogP contribution in [-0.4, -0.2) is 36.8 Å². The molecule has 3 nitrogen and oxygen atoms in total. The minimum absolute atomic E-state index is 0.103. The van der Waals surface area contributed by atoms with Crippen LogP contribution in [0.15, 0.2) is 23.8 Å². The van der Waals surface area contributed by atoms with E-state index in [2.05, 4.69) is 39.1 Å². The molecule has 13 atom stereocenters. The lowest BCUT2D eigenvalue weighted by molar-refractivity contribution is -0.200. The molecule has 1 heterocycles. The number of hydrogen-bond donors (Lipinski definition) is 2. The maximum absolute atomic E-state index is 14.5. The molecule has 0 amide bonds. The smallest absolute Gasteiger partial charge is 0.381 e. The maximum Gasteiger partial charge on any atom is 0.392 e. The van der Waals surface area contributed by atoms with Crippen molar-refractivity contribution in [2.45, 2.75) is 168 Å². The number of alkyl halides is 3. The maximum atomic E-state index is 14.5. The standard InChI is InChI=1S/C45H74F3NO2/c1-6-31-9-11-33(12-10-31)13-15-35-16-19-38(26-42(35)45(46,47)48)49-44(50)37-14-8-28(3)41(25-37)43-30(5)29(4)39-20-17-34(18-21-40(39)43)36-22-23-51-27-32(7-2)24-36/h24,28,30-35,37-44,49-50H,4,6-23,25-27H2,1-3,5H3. The van der Waals surface area contributed by atoms with Gasteiger partial charge in [-0.25, -0.2) is 0 Å². The number of aliphatic hydroxyl groups excluding tert-OH is 1. The zero-order valence-corrected chi connectivity index (χ0v) is 32.8. The Hall–Kier alpha value is -0.850. The molecular formula is C45H74F3NO2. The van der Waals surface area contributed by atoms with E-state index >= 15 is 0 Å². The van der Waals surface area contributed by atoms with Crippen molar-refractivity contribution < 1.29 is 23.0 Å². The molecule has 51 heavy (non-hydrogen) atoms. The fraction of sp³-hybridized carbons (Fsp3) is 0.911. The summed E-state index contributed by atoms with van der Waals surface area (Å²) < 4.78 is 49.4. The highest BCUT2D eigenvalue weighted by Gasteiger charge is 2.51. The molecule has 1 aliphatic heterocycles. The number of ether oxygens (including phenoxy) is 1. The van der Waals surface area contributed by atoms with Gasteiger partial charge in [-0.2, -0.15) is 13.2 Å². The van der Waals surface area contributed by atoms with Gasteiger partial charge in [0, 0.05) is 12.0 Å². The largest absolute Gasteiger partial charge is 0.392 e. The van der Waals surface area contributed by atoms with Crippen molar-refractivity contribution in [3.63, 3.8) is 0 Å². The molecule has 0 radical (unpaired) electrons. The van der Waals surface area contributed by atoms with Gasteiger partial charge in [-0.15, -0.1) is 0 Å². The average molecular weight is 718 g/mol. The van der Waals surface area contributed by atoms with Crippen molar-refractivity contribution >= 4 is 0 Å². The minimum atomic E-state index is -4.17. The van der Waals surface area contributed by atoms with Gasteiger partial charge < -0.3 is 9.84 Å². The van der Waals surface area contributed by atoms with Crippen LogP contribution in [0.1, 0.15) is 150 Å². The van der Waals surface area contributed by atoms with Gasteiger partial charge in [0.05, 0.1) is 19.1 Å². The van der Waals surface area contributed by atoms with Gasteiger partial charge in [0.25, 0.3) is 0 Å². The number of halogens is 3. The highest BCUT2D eigenvalue weighted by molar-refractivity contribution is 5.20. The summed E-state index contributed by atoms with van der Waals surface area (Å²) in [5, 5.41) is 15.1. The van der Waals surface area contributed by atoms with Gasteiger partial charge in [0.2, 0.25) is 0 Å². The SMILES string of the molecule is C=C1C(C)C(C2CC(C(O)NC3CCC(CCC4CCC(CC)CC4)C(C(F)(F)F)C3)CCC2C)C2CCC(C3=CC(CC)COCC3)CCC12. The fourth-order valence-electron chi connectivity index (χ4n) is 12.8. The Morgan fingerprint density at radius 3 is 2.33 bits per heavy atom. The molecule has 2 N–H and O–H groups in total. The highest BCUT2D eigenvalue weighted by Crippen LogP contribution is 2.58. The van der Waals surface area contributed by atoms with Crippen LogP contribution >= 0.6 is 0 Å². The predicted molar refractivity (Wildman–Crippen MR) is 203 cm³/mol. The van der Waals surface area contributed by atoms with Gasteiger partial charge in [-0.05, 0) is 142 Å². The zero-order chi connectivity index (χ0) is 36.3. The van der Waals surface area contributed by atoms with Crippen LogP contribution in [0.2, 0.25) is 0 Å². The number of rotatable bonds is 10. The summed E-state index contributed by atoms with van der Waals surface area (Å²) in [6.07, 6.45) is 17.2. The summed E-state index contributed by atoms with van der Waals surface area (Å²) >= 11 is 0. The van der Waals surface area contributed by atoms with Gasteiger partial charge in [0.1, 0.15) is 6.23 Å². The third-order valence-corrected chi connectivity index (χ3v) is 16.2. The molecule has 6 heteroatoms. The lowest BCUT2D eigenvalue weighted by Crippen LogP contribution is -2.50. The zero-order valence-electron chi connectivity index (χ0n) is 32.8. The van der Waals surface area contributed by atoms with Gasteiger partial charge >= 0.3 is 6.18 Å². The molecule has 6 rings (SSSR count). The summed E-state index contributed by atoms with van der Waals surface area (Å²) in [6, 6.07) is -0.259. The van der Waals surface area contributed by atoms with Gasteiger partial charge in [0.15, 0.2) is 0 Å². The second kappa shape index (κ2) is 17.7. The molecule has 6 aliphatic rings. The summed E-state index contributed by atoms with van der Waals surface area (Å²) in [5.74, 6) is 4.67. The molecule has 0 aromatic rings. The number of nitrogens with one attached hydrogen (secondary N) is 1. The molecule has 5 aliphatic carbocycles. The van der Waals surface area contributed by atoms with E-state index < -0.39 is 18.3 Å². The third-order valence-electron chi connectivity index (χ3n) is 16.2. The Labute approximate surface area is 309 Å². The van der Waals surface area contributed by atoms with Crippen molar-refractivity contribution in [2.75, 3.05) is 13.2 Å². The van der Waals surface area contributed by atoms with Crippen LogP contribution in [0.5, 0.6) is 0 Å². The van der Waals surface area contributed by atoms with E-state index in [1.54, 1.807) is 5.57 Å². The van der Waals surface area contributed by atoms with Crippen molar-refractivity contribution in [2.24, 2.45) is 76.9 Å². The van der Waals surface area contributed by atoms with Crippen molar-refractivity contribution in [1.82, 2.24) is 5.32 Å². The number of allylic oxidation sites excluding steroid dienone is 1. The van der Waals surface area contributed by atoms with Crippen LogP contribution in [0.25, 0.3) is 0 Å². The summed E-state index contributed by atoms with van der Waals surface area (Å²) in [5.41, 5.74) is 3.11. The first-order valence-electron chi connectivity index (χ1n) is 21.9. The number of fused-ring (bicyclic) bond motifs is 1. The molecule has 0 aromatic heterocycles. The topological polar surface area (TPSA) is 41.5 Å². The highest BCUT2D eigenvalue weighted by atomic mass is 19.4. The predicted octanol–water partition coefficient (Wildman–Crippen LogP) is 11.9. The lowest BCUT2D eigenvalue weighted by Gasteiger charge is -2.44. The van der Waals surface area contributed by atoms with E-state index in [0.717, 1.165) is 64.1 Å². The Kier molecular flexibility index (Phi) is 13.9. The first-order valence-corrected chi connectivity index (χ1v) is 21.9. The van der Waals surface area contributed by atoms with E-state index in [1.807, 2.05) is 0 Å². The van der Waals surface area contributed by atoms with E-state index in [-0.39, 0.29) is 24.3 Å². The quantitative estimate of drug-likeness (QED) is 0.175. The van der Waals surface area contributed by atoms with Crippen LogP contribution in [0.3, 0.4) is 0 Å². The molecule has 13 unspecified atom stereocenters. The Balaban J connectivity index is 1.05. The fourth-order valence-corrected chi connectivity index (χ4v) is 12.8. The summed E-state index contributed by atoms with van der Waals surface area (Å²) in [6.45, 7) is 15.8. The first-order chi connectivity index (χ1) is 24.5. The van der Waals surface area contributed by atoms with Crippen LogP contribution in [0, 0.1) is 76.9 Å². The lowest BCUT2D eigenvalue weighted by atomic mass is 9.63. The molecule has 5 fully saturated rings. The van der Waals surface area contributed by atoms with E-state index in [1.165, 1.54) is 63.4 Å². The monoisotopic (exact) mass is 718 g/mol. The normalized spacial score (nSPS) is 43.5. The van der Waals surface area contributed by atoms with Gasteiger partial charge in [-0.1, -0.05) is 96.4 Å². The van der Waals surface area contributed by atoms with E-state index in [0.29, 0.717) is 66.1 Å². The summed E-state index contributed by atoms with van der Waals surface area (Å²) in [7, 11) is 0. The average Bonchev–Trinajstić information content (AvgIpc) is 3.36. The Morgan fingerprint density at radius 1 is 0.863 bits per heavy atom. The van der Waals surface area contributed by atoms with E-state index in [4.69, 9.17) is 11.3 Å². The van der Waals surface area contributed by atoms with Crippen LogP contribution < -0.4 is 5.32 Å². The van der Waals surface area contributed by atoms with Crippen molar-refractivity contribution in [3.8, 4) is 0 Å². The van der Waals surface area contributed by atoms with Gasteiger partial charge in [-0.3, -0.25) is 5.32 Å². The minimum Gasteiger partial charge on any atom is -0.381 e. The van der Waals surface area contributed by atoms with E-state index in [9.17, 15) is 18.3 Å². The molecule has 292 valence electrons. The Morgan fingerprint density at radius 2 is 1.61 bits per heavy atom. The number of aliphatic hydroxyl groups is 1.